The minimum atomic E-state index is -0.400. The van der Waals surface area contributed by atoms with E-state index in [-0.39, 0.29) is 23.5 Å². The number of halogens is 3. The summed E-state index contributed by atoms with van der Waals surface area (Å²) in [5.74, 6) is -0.433. The van der Waals surface area contributed by atoms with Crippen molar-refractivity contribution in [1.29, 1.82) is 0 Å². The van der Waals surface area contributed by atoms with Crippen molar-refractivity contribution in [2.24, 2.45) is 5.41 Å². The molecule has 0 saturated carbocycles. The summed E-state index contributed by atoms with van der Waals surface area (Å²) in [7, 11) is 0. The van der Waals surface area contributed by atoms with E-state index in [0.29, 0.717) is 39.2 Å². The van der Waals surface area contributed by atoms with E-state index in [1.807, 2.05) is 26.0 Å². The van der Waals surface area contributed by atoms with Crippen LogP contribution >= 0.6 is 34.8 Å². The van der Waals surface area contributed by atoms with E-state index in [2.05, 4.69) is 0 Å². The Balaban J connectivity index is 1.94. The number of anilines is 1. The molecule has 6 heteroatoms. The lowest BCUT2D eigenvalue weighted by Crippen LogP contribution is -2.43. The minimum absolute atomic E-state index is 0.0526. The van der Waals surface area contributed by atoms with Crippen molar-refractivity contribution in [2.45, 2.75) is 39.0 Å². The molecular formula is C23H20Cl3NO2. The van der Waals surface area contributed by atoms with Crippen molar-refractivity contribution in [3.8, 4) is 0 Å². The first-order valence-corrected chi connectivity index (χ1v) is 10.6. The first-order chi connectivity index (χ1) is 13.7. The van der Waals surface area contributed by atoms with E-state index in [9.17, 15) is 9.59 Å². The van der Waals surface area contributed by atoms with Crippen LogP contribution in [0.2, 0.25) is 15.1 Å². The van der Waals surface area contributed by atoms with Crippen LogP contribution in [0.3, 0.4) is 0 Å². The van der Waals surface area contributed by atoms with Crippen LogP contribution in [0.4, 0.5) is 5.69 Å². The molecule has 0 saturated heterocycles. The van der Waals surface area contributed by atoms with Crippen molar-refractivity contribution in [2.75, 3.05) is 4.90 Å². The SMILES string of the molecule is CC1(C)CC(=O)C2=C(C1)N(c1cccc(Cl)c1)C(=O)CC2c1cccc(Cl)c1Cl. The number of benzene rings is 2. The maximum absolute atomic E-state index is 13.3. The van der Waals surface area contributed by atoms with Crippen molar-refractivity contribution in [3.05, 3.63) is 74.4 Å². The second-order valence-electron chi connectivity index (χ2n) is 8.41. The molecule has 0 N–H and O–H groups in total. The molecule has 2 aromatic carbocycles. The third-order valence-corrected chi connectivity index (χ3v) is 6.63. The zero-order valence-electron chi connectivity index (χ0n) is 16.1. The van der Waals surface area contributed by atoms with E-state index in [1.54, 1.807) is 35.2 Å². The summed E-state index contributed by atoms with van der Waals surface area (Å²) in [5.41, 5.74) is 2.56. The third-order valence-electron chi connectivity index (χ3n) is 5.57. The maximum atomic E-state index is 13.3. The van der Waals surface area contributed by atoms with E-state index in [1.165, 1.54) is 0 Å². The molecule has 1 heterocycles. The number of carbonyl (C=O) groups is 2. The zero-order chi connectivity index (χ0) is 20.9. The average Bonchev–Trinajstić information content (AvgIpc) is 2.62. The first kappa shape index (κ1) is 20.5. The lowest BCUT2D eigenvalue weighted by atomic mass is 9.69. The summed E-state index contributed by atoms with van der Waals surface area (Å²) in [6.45, 7) is 4.09. The van der Waals surface area contributed by atoms with Gasteiger partial charge in [-0.2, -0.15) is 0 Å². The summed E-state index contributed by atoms with van der Waals surface area (Å²) >= 11 is 18.9. The maximum Gasteiger partial charge on any atom is 0.232 e. The standard InChI is InChI=1S/C23H20Cl3NO2/c1-23(2)11-18-21(19(28)12-23)16(15-7-4-8-17(25)22(15)26)10-20(29)27(18)14-6-3-5-13(24)9-14/h3-9,16H,10-12H2,1-2H3. The molecule has 1 aliphatic heterocycles. The molecule has 0 radical (unpaired) electrons. The van der Waals surface area contributed by atoms with Crippen LogP contribution in [0, 0.1) is 5.41 Å². The van der Waals surface area contributed by atoms with Gasteiger partial charge in [-0.3, -0.25) is 14.5 Å². The van der Waals surface area contributed by atoms with Crippen molar-refractivity contribution >= 4 is 52.2 Å². The highest BCUT2D eigenvalue weighted by molar-refractivity contribution is 6.42. The Labute approximate surface area is 185 Å². The van der Waals surface area contributed by atoms with E-state index in [0.717, 1.165) is 11.3 Å². The lowest BCUT2D eigenvalue weighted by molar-refractivity contribution is -0.121. The molecule has 29 heavy (non-hydrogen) atoms. The Morgan fingerprint density at radius 3 is 2.45 bits per heavy atom. The molecule has 1 atom stereocenters. The fourth-order valence-electron chi connectivity index (χ4n) is 4.39. The van der Waals surface area contributed by atoms with Gasteiger partial charge in [0.1, 0.15) is 0 Å². The van der Waals surface area contributed by atoms with Crippen molar-refractivity contribution in [3.63, 3.8) is 0 Å². The molecule has 150 valence electrons. The molecule has 1 aliphatic carbocycles. The molecule has 0 spiro atoms. The molecule has 0 aromatic heterocycles. The number of rotatable bonds is 2. The van der Waals surface area contributed by atoms with Gasteiger partial charge in [-0.25, -0.2) is 0 Å². The van der Waals surface area contributed by atoms with Crippen LogP contribution in [0.25, 0.3) is 0 Å². The summed E-state index contributed by atoms with van der Waals surface area (Å²) in [5, 5.41) is 1.35. The summed E-state index contributed by atoms with van der Waals surface area (Å²) in [4.78, 5) is 28.3. The number of carbonyl (C=O) groups excluding carboxylic acids is 2. The Morgan fingerprint density at radius 1 is 1.00 bits per heavy atom. The smallest absolute Gasteiger partial charge is 0.232 e. The highest BCUT2D eigenvalue weighted by Crippen LogP contribution is 2.49. The molecule has 4 rings (SSSR count). The van der Waals surface area contributed by atoms with Crippen LogP contribution < -0.4 is 4.90 Å². The Bertz CT molecular complexity index is 1060. The quantitative estimate of drug-likeness (QED) is 0.506. The number of amides is 1. The fourth-order valence-corrected chi connectivity index (χ4v) is 5.01. The number of hydrogen-bond acceptors (Lipinski definition) is 2. The second kappa shape index (κ2) is 7.46. The van der Waals surface area contributed by atoms with Gasteiger partial charge < -0.3 is 0 Å². The monoisotopic (exact) mass is 447 g/mol. The lowest BCUT2D eigenvalue weighted by Gasteiger charge is -2.43. The van der Waals surface area contributed by atoms with Crippen LogP contribution in [-0.4, -0.2) is 11.7 Å². The van der Waals surface area contributed by atoms with Gasteiger partial charge in [0.15, 0.2) is 5.78 Å². The number of nitrogens with zero attached hydrogens (tertiary/aromatic N) is 1. The molecule has 1 amide bonds. The van der Waals surface area contributed by atoms with Gasteiger partial charge >= 0.3 is 0 Å². The summed E-state index contributed by atoms with van der Waals surface area (Å²) in [6.07, 6.45) is 1.19. The molecular weight excluding hydrogens is 429 g/mol. The number of allylic oxidation sites excluding steroid dienone is 2. The Hall–Kier alpha value is -1.81. The van der Waals surface area contributed by atoms with E-state index >= 15 is 0 Å². The number of hydrogen-bond donors (Lipinski definition) is 0. The van der Waals surface area contributed by atoms with Crippen molar-refractivity contribution < 1.29 is 9.59 Å². The summed E-state index contributed by atoms with van der Waals surface area (Å²) < 4.78 is 0. The predicted octanol–water partition coefficient (Wildman–Crippen LogP) is 6.81. The first-order valence-electron chi connectivity index (χ1n) is 9.46. The topological polar surface area (TPSA) is 37.4 Å². The highest BCUT2D eigenvalue weighted by Gasteiger charge is 2.44. The van der Waals surface area contributed by atoms with Gasteiger partial charge in [0.05, 0.1) is 15.7 Å². The van der Waals surface area contributed by atoms with Gasteiger partial charge in [-0.15, -0.1) is 0 Å². The van der Waals surface area contributed by atoms with Gasteiger partial charge in [0, 0.05) is 35.1 Å². The van der Waals surface area contributed by atoms with Gasteiger partial charge in [0.2, 0.25) is 5.91 Å². The van der Waals surface area contributed by atoms with Gasteiger partial charge in [-0.1, -0.05) is 66.8 Å². The minimum Gasteiger partial charge on any atom is -0.294 e. The van der Waals surface area contributed by atoms with Crippen LogP contribution in [0.15, 0.2) is 53.7 Å². The second-order valence-corrected chi connectivity index (χ2v) is 9.63. The summed E-state index contributed by atoms with van der Waals surface area (Å²) in [6, 6.07) is 12.5. The van der Waals surface area contributed by atoms with E-state index in [4.69, 9.17) is 34.8 Å². The van der Waals surface area contributed by atoms with Gasteiger partial charge in [-0.05, 0) is 41.7 Å². The van der Waals surface area contributed by atoms with Crippen LogP contribution in [0.5, 0.6) is 0 Å². The zero-order valence-corrected chi connectivity index (χ0v) is 18.4. The molecule has 3 nitrogen and oxygen atoms in total. The van der Waals surface area contributed by atoms with Crippen molar-refractivity contribution in [1.82, 2.24) is 0 Å². The number of Topliss-reactive ketones (excluding diaryl/α,β-unsaturated/α-hetero) is 1. The molecule has 2 aliphatic rings. The largest absolute Gasteiger partial charge is 0.294 e. The average molecular weight is 449 g/mol. The Kier molecular flexibility index (Phi) is 5.27. The molecule has 1 unspecified atom stereocenters. The fraction of sp³-hybridized carbons (Fsp3) is 0.304. The van der Waals surface area contributed by atoms with Crippen LogP contribution in [0.1, 0.15) is 44.6 Å². The Morgan fingerprint density at radius 2 is 1.72 bits per heavy atom. The normalized spacial score (nSPS) is 21.4. The van der Waals surface area contributed by atoms with Crippen LogP contribution in [-0.2, 0) is 9.59 Å². The molecule has 0 fully saturated rings. The molecule has 0 bridgehead atoms. The third kappa shape index (κ3) is 3.72. The van der Waals surface area contributed by atoms with E-state index < -0.39 is 5.92 Å². The number of ketones is 1. The molecule has 2 aromatic rings. The highest BCUT2D eigenvalue weighted by atomic mass is 35.5. The predicted molar refractivity (Wildman–Crippen MR) is 118 cm³/mol. The van der Waals surface area contributed by atoms with Gasteiger partial charge in [0.25, 0.3) is 0 Å².